The van der Waals surface area contributed by atoms with Crippen LogP contribution in [0.2, 0.25) is 0 Å². The molecule has 0 N–H and O–H groups in total. The lowest BCUT2D eigenvalue weighted by Gasteiger charge is -1.99. The Hall–Kier alpha value is -3.17. The minimum Gasteiger partial charge on any atom is -0.454 e. The topological polar surface area (TPSA) is 55.1 Å². The maximum atomic E-state index is 13.0. The van der Waals surface area contributed by atoms with E-state index in [1.165, 1.54) is 23.5 Å². The zero-order chi connectivity index (χ0) is 17.2. The van der Waals surface area contributed by atoms with Crippen LogP contribution in [0.25, 0.3) is 22.9 Å². The Morgan fingerprint density at radius 3 is 2.76 bits per heavy atom. The number of hydrogen-bond donors (Lipinski definition) is 0. The molecule has 2 heterocycles. The zero-order valence-corrected chi connectivity index (χ0v) is 13.7. The largest absolute Gasteiger partial charge is 0.454 e. The molecule has 4 nitrogen and oxygen atoms in total. The summed E-state index contributed by atoms with van der Waals surface area (Å²) in [6, 6.07) is 13.8. The standard InChI is InChI=1S/C19H11FN2O2S/c20-15-4-2-13(3-5-15)16-10-25-19(22-16)14(9-21)7-12-1-6-17-18(8-12)24-11-23-17/h1-8,10H,11H2/b14-7+. The molecule has 1 aliphatic rings. The van der Waals surface area contributed by atoms with E-state index in [2.05, 4.69) is 11.1 Å². The van der Waals surface area contributed by atoms with Crippen LogP contribution >= 0.6 is 11.3 Å². The van der Waals surface area contributed by atoms with Gasteiger partial charge in [0.15, 0.2) is 11.5 Å². The Labute approximate surface area is 147 Å². The van der Waals surface area contributed by atoms with Crippen LogP contribution in [-0.4, -0.2) is 11.8 Å². The summed E-state index contributed by atoms with van der Waals surface area (Å²) in [5.74, 6) is 1.07. The van der Waals surface area contributed by atoms with Gasteiger partial charge in [-0.05, 0) is 48.0 Å². The van der Waals surface area contributed by atoms with Gasteiger partial charge in [0.1, 0.15) is 16.9 Å². The maximum Gasteiger partial charge on any atom is 0.231 e. The highest BCUT2D eigenvalue weighted by Crippen LogP contribution is 2.34. The Kier molecular flexibility index (Phi) is 3.92. The molecule has 0 atom stereocenters. The van der Waals surface area contributed by atoms with Crippen molar-refractivity contribution in [2.45, 2.75) is 0 Å². The Balaban J connectivity index is 1.65. The van der Waals surface area contributed by atoms with Gasteiger partial charge in [-0.25, -0.2) is 9.37 Å². The van der Waals surface area contributed by atoms with E-state index in [4.69, 9.17) is 9.47 Å². The number of aromatic nitrogens is 1. The predicted octanol–water partition coefficient (Wildman–Crippen LogP) is 4.74. The van der Waals surface area contributed by atoms with Gasteiger partial charge in [0.05, 0.1) is 11.3 Å². The van der Waals surface area contributed by atoms with Gasteiger partial charge in [0.25, 0.3) is 0 Å². The van der Waals surface area contributed by atoms with Crippen LogP contribution in [-0.2, 0) is 0 Å². The molecular weight excluding hydrogens is 339 g/mol. The molecule has 1 aliphatic heterocycles. The molecular formula is C19H11FN2O2S. The molecule has 0 bridgehead atoms. The maximum absolute atomic E-state index is 13.0. The van der Waals surface area contributed by atoms with Gasteiger partial charge in [0.2, 0.25) is 6.79 Å². The zero-order valence-electron chi connectivity index (χ0n) is 12.9. The number of benzene rings is 2. The molecule has 0 saturated carbocycles. The predicted molar refractivity (Wildman–Crippen MR) is 93.6 cm³/mol. The molecule has 0 unspecified atom stereocenters. The van der Waals surface area contributed by atoms with E-state index in [-0.39, 0.29) is 12.6 Å². The molecule has 0 aliphatic carbocycles. The number of nitriles is 1. The molecule has 2 aromatic carbocycles. The average Bonchev–Trinajstić information content (AvgIpc) is 3.29. The lowest BCUT2D eigenvalue weighted by molar-refractivity contribution is 0.174. The fourth-order valence-electron chi connectivity index (χ4n) is 2.46. The molecule has 122 valence electrons. The summed E-state index contributed by atoms with van der Waals surface area (Å²) in [4.78, 5) is 4.50. The second-order valence-corrected chi connectivity index (χ2v) is 6.19. The Bertz CT molecular complexity index is 1000. The second kappa shape index (κ2) is 6.38. The van der Waals surface area contributed by atoms with Crippen LogP contribution in [0.5, 0.6) is 11.5 Å². The van der Waals surface area contributed by atoms with Crippen molar-refractivity contribution in [3.05, 3.63) is 64.2 Å². The van der Waals surface area contributed by atoms with Gasteiger partial charge in [-0.15, -0.1) is 11.3 Å². The van der Waals surface area contributed by atoms with Gasteiger partial charge < -0.3 is 9.47 Å². The summed E-state index contributed by atoms with van der Waals surface area (Å²) < 4.78 is 23.7. The van der Waals surface area contributed by atoms with Crippen molar-refractivity contribution in [2.24, 2.45) is 0 Å². The van der Waals surface area contributed by atoms with Crippen molar-refractivity contribution in [3.63, 3.8) is 0 Å². The average molecular weight is 350 g/mol. The molecule has 0 amide bonds. The van der Waals surface area contributed by atoms with Gasteiger partial charge in [0, 0.05) is 10.9 Å². The number of allylic oxidation sites excluding steroid dienone is 1. The SMILES string of the molecule is N#C/C(=C\c1ccc2c(c1)OCO2)c1nc(-c2ccc(F)cc2)cs1. The Morgan fingerprint density at radius 1 is 1.16 bits per heavy atom. The number of nitrogens with zero attached hydrogens (tertiary/aromatic N) is 2. The molecule has 0 spiro atoms. The number of hydrogen-bond acceptors (Lipinski definition) is 5. The molecule has 0 saturated heterocycles. The third kappa shape index (κ3) is 3.10. The number of thiazole rings is 1. The lowest BCUT2D eigenvalue weighted by Crippen LogP contribution is -1.92. The fraction of sp³-hybridized carbons (Fsp3) is 0.0526. The van der Waals surface area contributed by atoms with Gasteiger partial charge in [-0.1, -0.05) is 6.07 Å². The quantitative estimate of drug-likeness (QED) is 0.640. The van der Waals surface area contributed by atoms with E-state index in [1.807, 2.05) is 23.6 Å². The first-order valence-corrected chi connectivity index (χ1v) is 8.34. The monoisotopic (exact) mass is 350 g/mol. The normalized spacial score (nSPS) is 12.9. The van der Waals surface area contributed by atoms with Crippen molar-refractivity contribution in [1.82, 2.24) is 4.98 Å². The molecule has 1 aromatic heterocycles. The van der Waals surface area contributed by atoms with E-state index < -0.39 is 0 Å². The summed E-state index contributed by atoms with van der Waals surface area (Å²) in [6.45, 7) is 0.209. The van der Waals surface area contributed by atoms with E-state index in [0.29, 0.717) is 27.8 Å². The molecule has 4 rings (SSSR count). The van der Waals surface area contributed by atoms with Crippen LogP contribution in [0.3, 0.4) is 0 Å². The van der Waals surface area contributed by atoms with Crippen molar-refractivity contribution in [1.29, 1.82) is 5.26 Å². The number of ether oxygens (including phenoxy) is 2. The van der Waals surface area contributed by atoms with Crippen LogP contribution in [0.4, 0.5) is 4.39 Å². The lowest BCUT2D eigenvalue weighted by atomic mass is 10.1. The highest BCUT2D eigenvalue weighted by Gasteiger charge is 2.14. The van der Waals surface area contributed by atoms with Gasteiger partial charge >= 0.3 is 0 Å². The molecule has 6 heteroatoms. The molecule has 25 heavy (non-hydrogen) atoms. The van der Waals surface area contributed by atoms with E-state index in [9.17, 15) is 9.65 Å². The summed E-state index contributed by atoms with van der Waals surface area (Å²) in [5.41, 5.74) is 2.81. The first-order chi connectivity index (χ1) is 12.2. The molecule has 0 fully saturated rings. The number of rotatable bonds is 3. The van der Waals surface area contributed by atoms with Crippen molar-refractivity contribution >= 4 is 23.0 Å². The first kappa shape index (κ1) is 15.4. The van der Waals surface area contributed by atoms with Gasteiger partial charge in [-0.3, -0.25) is 0 Å². The van der Waals surface area contributed by atoms with Crippen LogP contribution in [0.1, 0.15) is 10.6 Å². The van der Waals surface area contributed by atoms with Crippen molar-refractivity contribution in [3.8, 4) is 28.8 Å². The Morgan fingerprint density at radius 2 is 1.96 bits per heavy atom. The van der Waals surface area contributed by atoms with Crippen LogP contribution < -0.4 is 9.47 Å². The van der Waals surface area contributed by atoms with E-state index >= 15 is 0 Å². The summed E-state index contributed by atoms with van der Waals surface area (Å²) in [5, 5.41) is 12.0. The highest BCUT2D eigenvalue weighted by atomic mass is 32.1. The van der Waals surface area contributed by atoms with Crippen molar-refractivity contribution in [2.75, 3.05) is 6.79 Å². The summed E-state index contributed by atoms with van der Waals surface area (Å²) in [6.07, 6.45) is 1.76. The first-order valence-electron chi connectivity index (χ1n) is 7.46. The fourth-order valence-corrected chi connectivity index (χ4v) is 3.26. The molecule has 3 aromatic rings. The van der Waals surface area contributed by atoms with E-state index in [0.717, 1.165) is 11.1 Å². The third-order valence-electron chi connectivity index (χ3n) is 3.70. The minimum absolute atomic E-state index is 0.209. The third-order valence-corrected chi connectivity index (χ3v) is 4.58. The van der Waals surface area contributed by atoms with Crippen LogP contribution in [0.15, 0.2) is 47.8 Å². The molecule has 0 radical (unpaired) electrons. The highest BCUT2D eigenvalue weighted by molar-refractivity contribution is 7.11. The van der Waals surface area contributed by atoms with Gasteiger partial charge in [-0.2, -0.15) is 5.26 Å². The minimum atomic E-state index is -0.292. The number of halogens is 1. The number of fused-ring (bicyclic) bond motifs is 1. The second-order valence-electron chi connectivity index (χ2n) is 5.33. The van der Waals surface area contributed by atoms with Crippen molar-refractivity contribution < 1.29 is 13.9 Å². The van der Waals surface area contributed by atoms with Crippen LogP contribution in [0, 0.1) is 17.1 Å². The summed E-state index contributed by atoms with van der Waals surface area (Å²) in [7, 11) is 0. The van der Waals surface area contributed by atoms with E-state index in [1.54, 1.807) is 18.2 Å². The summed E-state index contributed by atoms with van der Waals surface area (Å²) >= 11 is 1.37. The smallest absolute Gasteiger partial charge is 0.231 e.